The topological polar surface area (TPSA) is 70.6 Å². The zero-order valence-electron chi connectivity index (χ0n) is 12.9. The molecule has 0 heterocycles. The van der Waals surface area contributed by atoms with Crippen molar-refractivity contribution in [2.75, 3.05) is 12.8 Å². The minimum atomic E-state index is -0.211. The number of aliphatic imine (C=N–C) groups is 1. The predicted molar refractivity (Wildman–Crippen MR) is 99.5 cm³/mol. The minimum absolute atomic E-state index is 0.211. The number of nitrogens with zero attached hydrogens (tertiary/aromatic N) is 1. The number of benzene rings is 1. The summed E-state index contributed by atoms with van der Waals surface area (Å²) in [7, 11) is 1.95. The van der Waals surface area contributed by atoms with E-state index in [0.29, 0.717) is 17.6 Å². The summed E-state index contributed by atoms with van der Waals surface area (Å²) in [5, 5.41) is 13.2. The zero-order valence-corrected chi connectivity index (χ0v) is 16.1. The van der Waals surface area contributed by atoms with Gasteiger partial charge in [0.1, 0.15) is 0 Å². The molecule has 0 amide bonds. The lowest BCUT2D eigenvalue weighted by atomic mass is 9.79. The average molecular weight is 433 g/mol. The average Bonchev–Trinajstić information content (AvgIpc) is 2.49. The molecule has 1 fully saturated rings. The fourth-order valence-electron chi connectivity index (χ4n) is 2.99. The van der Waals surface area contributed by atoms with Crippen LogP contribution in [0.1, 0.15) is 31.7 Å². The van der Waals surface area contributed by atoms with Crippen molar-refractivity contribution in [1.82, 2.24) is 5.32 Å². The van der Waals surface area contributed by atoms with Crippen LogP contribution in [-0.2, 0) is 0 Å². The lowest BCUT2D eigenvalue weighted by Crippen LogP contribution is -2.42. The van der Waals surface area contributed by atoms with E-state index >= 15 is 0 Å². The van der Waals surface area contributed by atoms with Gasteiger partial charge in [-0.25, -0.2) is 0 Å². The van der Waals surface area contributed by atoms with Crippen LogP contribution in [-0.4, -0.2) is 36.6 Å². The van der Waals surface area contributed by atoms with Gasteiger partial charge in [-0.1, -0.05) is 15.9 Å². The number of nitrogens with two attached hydrogens (primary N) is 1. The smallest absolute Gasteiger partial charge is 0.0548 e. The van der Waals surface area contributed by atoms with Gasteiger partial charge in [0.15, 0.2) is 0 Å². The summed E-state index contributed by atoms with van der Waals surface area (Å²) >= 11 is 6.93. The van der Waals surface area contributed by atoms with Crippen molar-refractivity contribution in [2.45, 2.75) is 44.4 Å². The molecule has 1 aromatic rings. The molecule has 1 aromatic carbocycles. The summed E-state index contributed by atoms with van der Waals surface area (Å²) in [4.78, 5) is 4.78. The first-order chi connectivity index (χ1) is 10.4. The van der Waals surface area contributed by atoms with Gasteiger partial charge in [-0.15, -0.1) is 0 Å². The number of nitrogen functional groups attached to an aromatic ring is 1. The molecule has 0 spiro atoms. The molecule has 1 saturated carbocycles. The second kappa shape index (κ2) is 7.90. The van der Waals surface area contributed by atoms with Gasteiger partial charge in [0.25, 0.3) is 0 Å². The summed E-state index contributed by atoms with van der Waals surface area (Å²) in [5.74, 6) is 0.335. The van der Waals surface area contributed by atoms with Gasteiger partial charge < -0.3 is 16.2 Å². The Morgan fingerprint density at radius 3 is 2.82 bits per heavy atom. The maximum Gasteiger partial charge on any atom is 0.0548 e. The third-order valence-corrected chi connectivity index (χ3v) is 5.58. The van der Waals surface area contributed by atoms with Crippen LogP contribution in [0.2, 0.25) is 0 Å². The first-order valence-corrected chi connectivity index (χ1v) is 9.14. The molecule has 0 saturated heterocycles. The van der Waals surface area contributed by atoms with Crippen molar-refractivity contribution in [3.05, 3.63) is 26.6 Å². The Morgan fingerprint density at radius 1 is 1.41 bits per heavy atom. The Labute approximate surface area is 148 Å². The molecule has 0 radical (unpaired) electrons. The van der Waals surface area contributed by atoms with Gasteiger partial charge >= 0.3 is 0 Å². The molecule has 0 aromatic heterocycles. The van der Waals surface area contributed by atoms with E-state index in [9.17, 15) is 5.11 Å². The Balaban J connectivity index is 2.20. The molecular weight excluding hydrogens is 410 g/mol. The van der Waals surface area contributed by atoms with E-state index in [1.165, 1.54) is 0 Å². The van der Waals surface area contributed by atoms with E-state index < -0.39 is 0 Å². The Bertz CT molecular complexity index is 550. The molecular formula is C16H23Br2N3O. The monoisotopic (exact) mass is 431 g/mol. The normalized spacial score (nSPS) is 27.2. The highest BCUT2D eigenvalue weighted by Crippen LogP contribution is 2.31. The highest BCUT2D eigenvalue weighted by molar-refractivity contribution is 9.11. The molecule has 1 aliphatic rings. The molecule has 0 aliphatic heterocycles. The highest BCUT2D eigenvalue weighted by Gasteiger charge is 2.32. The van der Waals surface area contributed by atoms with Crippen LogP contribution in [0, 0.1) is 5.92 Å². The maximum atomic E-state index is 9.93. The van der Waals surface area contributed by atoms with Crippen LogP contribution >= 0.6 is 31.9 Å². The maximum absolute atomic E-state index is 9.93. The number of anilines is 1. The van der Waals surface area contributed by atoms with Crippen LogP contribution in [0.5, 0.6) is 0 Å². The van der Waals surface area contributed by atoms with Crippen molar-refractivity contribution in [3.8, 4) is 0 Å². The Morgan fingerprint density at radius 2 is 2.14 bits per heavy atom. The molecule has 2 rings (SSSR count). The minimum Gasteiger partial charge on any atom is -0.397 e. The van der Waals surface area contributed by atoms with Crippen molar-refractivity contribution in [3.63, 3.8) is 0 Å². The lowest BCUT2D eigenvalue weighted by Gasteiger charge is -2.35. The van der Waals surface area contributed by atoms with Crippen LogP contribution in [0.25, 0.3) is 0 Å². The molecule has 0 bridgehead atoms. The van der Waals surface area contributed by atoms with Gasteiger partial charge in [-0.05, 0) is 67.2 Å². The first-order valence-electron chi connectivity index (χ1n) is 7.55. The number of rotatable bonds is 4. The SMILES string of the molecule is CNC(C)C1C[C@@H](O)CCC1N=Cc1cc(Br)cc(Br)c1N. The number of aliphatic hydroxyl groups is 1. The van der Waals surface area contributed by atoms with Gasteiger partial charge in [-0.3, -0.25) is 4.99 Å². The first kappa shape index (κ1) is 17.9. The number of hydrogen-bond acceptors (Lipinski definition) is 4. The van der Waals surface area contributed by atoms with E-state index in [-0.39, 0.29) is 12.1 Å². The van der Waals surface area contributed by atoms with Crippen LogP contribution in [0.4, 0.5) is 5.69 Å². The highest BCUT2D eigenvalue weighted by atomic mass is 79.9. The molecule has 4 nitrogen and oxygen atoms in total. The van der Waals surface area contributed by atoms with Gasteiger partial charge in [0, 0.05) is 26.8 Å². The van der Waals surface area contributed by atoms with Crippen LogP contribution in [0.15, 0.2) is 26.1 Å². The third kappa shape index (κ3) is 4.31. The van der Waals surface area contributed by atoms with Crippen molar-refractivity contribution >= 4 is 43.8 Å². The van der Waals surface area contributed by atoms with Gasteiger partial charge in [-0.2, -0.15) is 0 Å². The van der Waals surface area contributed by atoms with Gasteiger partial charge in [0.2, 0.25) is 0 Å². The van der Waals surface area contributed by atoms with E-state index in [1.54, 1.807) is 0 Å². The predicted octanol–water partition coefficient (Wildman–Crippen LogP) is 3.35. The fraction of sp³-hybridized carbons (Fsp3) is 0.562. The Kier molecular flexibility index (Phi) is 6.44. The second-order valence-electron chi connectivity index (χ2n) is 5.94. The van der Waals surface area contributed by atoms with E-state index in [1.807, 2.05) is 25.4 Å². The zero-order chi connectivity index (χ0) is 16.3. The van der Waals surface area contributed by atoms with Gasteiger partial charge in [0.05, 0.1) is 17.8 Å². The molecule has 1 aliphatic carbocycles. The van der Waals surface area contributed by atoms with Crippen molar-refractivity contribution in [2.24, 2.45) is 10.9 Å². The Hall–Kier alpha value is -0.430. The van der Waals surface area contributed by atoms with Crippen LogP contribution < -0.4 is 11.1 Å². The summed E-state index contributed by atoms with van der Waals surface area (Å²) < 4.78 is 1.83. The standard InChI is InChI=1S/C16H23Br2N3O/c1-9(20-2)13-7-12(22)3-4-15(13)21-8-10-5-11(17)6-14(18)16(10)19/h5-6,8-9,12-13,15,20,22H,3-4,7,19H2,1-2H3/t9?,12-,13?,15?/m0/s1. The van der Waals surface area contributed by atoms with E-state index in [4.69, 9.17) is 10.7 Å². The number of aliphatic hydroxyl groups excluding tert-OH is 1. The second-order valence-corrected chi connectivity index (χ2v) is 7.71. The number of hydrogen-bond donors (Lipinski definition) is 3. The molecule has 4 N–H and O–H groups in total. The summed E-state index contributed by atoms with van der Waals surface area (Å²) in [6, 6.07) is 4.43. The largest absolute Gasteiger partial charge is 0.397 e. The van der Waals surface area contributed by atoms with E-state index in [2.05, 4.69) is 44.1 Å². The quantitative estimate of drug-likeness (QED) is 0.504. The molecule has 22 heavy (non-hydrogen) atoms. The van der Waals surface area contributed by atoms with Crippen molar-refractivity contribution in [1.29, 1.82) is 0 Å². The number of nitrogens with one attached hydrogen (secondary N) is 1. The number of halogens is 2. The summed E-state index contributed by atoms with van der Waals surface area (Å²) in [5.41, 5.74) is 7.70. The summed E-state index contributed by atoms with van der Waals surface area (Å²) in [6.45, 7) is 2.15. The summed E-state index contributed by atoms with van der Waals surface area (Å²) in [6.07, 6.45) is 4.16. The molecule has 4 atom stereocenters. The molecule has 122 valence electrons. The van der Waals surface area contributed by atoms with Crippen molar-refractivity contribution < 1.29 is 5.11 Å². The fourth-order valence-corrected chi connectivity index (χ4v) is 4.25. The van der Waals surface area contributed by atoms with Crippen LogP contribution in [0.3, 0.4) is 0 Å². The third-order valence-electron chi connectivity index (χ3n) is 4.46. The van der Waals surface area contributed by atoms with E-state index in [0.717, 1.165) is 33.8 Å². The molecule has 6 heteroatoms. The molecule has 3 unspecified atom stereocenters. The lowest BCUT2D eigenvalue weighted by molar-refractivity contribution is 0.0797.